The second-order valence-corrected chi connectivity index (χ2v) is 9.77. The number of nitrogens with one attached hydrogen (secondary N) is 1. The van der Waals surface area contributed by atoms with Gasteiger partial charge in [0, 0.05) is 18.2 Å². The average Bonchev–Trinajstić information content (AvgIpc) is 3.21. The molecule has 2 aromatic heterocycles. The summed E-state index contributed by atoms with van der Waals surface area (Å²) >= 11 is 0. The van der Waals surface area contributed by atoms with E-state index in [2.05, 4.69) is 15.3 Å². The molecule has 38 heavy (non-hydrogen) atoms. The summed E-state index contributed by atoms with van der Waals surface area (Å²) in [4.78, 5) is 25.2. The second kappa shape index (κ2) is 10.1. The predicted molar refractivity (Wildman–Crippen MR) is 138 cm³/mol. The summed E-state index contributed by atoms with van der Waals surface area (Å²) in [5, 5.41) is 13.1. The molecule has 2 N–H and O–H groups in total. The number of aromatic nitrogens is 4. The first-order chi connectivity index (χ1) is 18.1. The summed E-state index contributed by atoms with van der Waals surface area (Å²) in [6.07, 6.45) is -0.314. The number of nitrogens with zero attached hydrogens (tertiary/aromatic N) is 4. The van der Waals surface area contributed by atoms with E-state index >= 15 is 0 Å². The highest BCUT2D eigenvalue weighted by atomic mass is 19.4. The van der Waals surface area contributed by atoms with Gasteiger partial charge in [0.2, 0.25) is 5.82 Å². The number of alkyl halides is 3. The number of aryl methyl sites for hydroxylation is 1. The second-order valence-electron chi connectivity index (χ2n) is 9.77. The molecule has 0 bridgehead atoms. The number of anilines is 1. The maximum atomic E-state index is 13.2. The van der Waals surface area contributed by atoms with Gasteiger partial charge in [-0.25, -0.2) is 19.7 Å². The van der Waals surface area contributed by atoms with Crippen LogP contribution in [0.2, 0.25) is 0 Å². The minimum Gasteiger partial charge on any atom is -0.475 e. The van der Waals surface area contributed by atoms with Gasteiger partial charge in [0.05, 0.1) is 5.56 Å². The molecule has 0 saturated heterocycles. The Morgan fingerprint density at radius 1 is 1.11 bits per heavy atom. The van der Waals surface area contributed by atoms with E-state index in [1.807, 2.05) is 42.7 Å². The highest BCUT2D eigenvalue weighted by Crippen LogP contribution is 2.34. The van der Waals surface area contributed by atoms with Crippen LogP contribution in [0.4, 0.5) is 19.0 Å². The van der Waals surface area contributed by atoms with Crippen LogP contribution in [0.1, 0.15) is 60.4 Å². The number of rotatable bonds is 8. The van der Waals surface area contributed by atoms with Crippen LogP contribution in [0.15, 0.2) is 48.5 Å². The van der Waals surface area contributed by atoms with E-state index in [1.54, 1.807) is 0 Å². The average molecular weight is 524 g/mol. The molecule has 5 rings (SSSR count). The molecule has 2 aromatic carbocycles. The molecule has 7 nitrogen and oxygen atoms in total. The maximum absolute atomic E-state index is 13.2. The van der Waals surface area contributed by atoms with Crippen LogP contribution in [-0.4, -0.2) is 36.6 Å². The van der Waals surface area contributed by atoms with Crippen molar-refractivity contribution >= 4 is 23.0 Å². The summed E-state index contributed by atoms with van der Waals surface area (Å²) in [6.45, 7) is 4.28. The third-order valence-electron chi connectivity index (χ3n) is 7.23. The van der Waals surface area contributed by atoms with Gasteiger partial charge in [-0.2, -0.15) is 13.2 Å². The zero-order valence-corrected chi connectivity index (χ0v) is 21.1. The molecule has 1 aliphatic carbocycles. The number of carboxylic acids is 1. The Labute approximate surface area is 217 Å². The Morgan fingerprint density at radius 2 is 1.84 bits per heavy atom. The van der Waals surface area contributed by atoms with E-state index in [1.165, 1.54) is 12.1 Å². The van der Waals surface area contributed by atoms with Crippen LogP contribution in [0.25, 0.3) is 22.6 Å². The van der Waals surface area contributed by atoms with Crippen molar-refractivity contribution in [3.8, 4) is 11.4 Å². The Balaban J connectivity index is 1.68. The molecule has 4 aromatic rings. The van der Waals surface area contributed by atoms with Crippen LogP contribution >= 0.6 is 0 Å². The largest absolute Gasteiger partial charge is 0.475 e. The van der Waals surface area contributed by atoms with Gasteiger partial charge < -0.3 is 15.0 Å². The first-order valence-corrected chi connectivity index (χ1v) is 12.7. The van der Waals surface area contributed by atoms with E-state index in [0.29, 0.717) is 28.6 Å². The molecule has 0 radical (unpaired) electrons. The first-order valence-electron chi connectivity index (χ1n) is 12.7. The third kappa shape index (κ3) is 5.07. The van der Waals surface area contributed by atoms with Crippen LogP contribution < -0.4 is 5.32 Å². The normalized spacial score (nSPS) is 14.9. The number of imidazole rings is 1. The molecule has 10 heteroatoms. The Bertz CT molecular complexity index is 1480. The standard InChI is InChI=1S/C28H28F3N5O2/c1-3-17-6-4-9-20(14-17)26-35-24-22(36(26)15-18-10-12-21(13-11-18)28(29,30)31)23(33-25(34-24)27(37)38)32-16(2)19-7-5-8-19/h4,6,9-14,16,19H,3,5,7-8,15H2,1-2H3,(H,37,38)(H,32,33,34)/t16-/m1/s1. The number of carboxylic acid groups (broad SMARTS) is 1. The Kier molecular flexibility index (Phi) is 6.81. The number of aromatic carboxylic acids is 1. The zero-order valence-electron chi connectivity index (χ0n) is 21.1. The van der Waals surface area contributed by atoms with E-state index in [4.69, 9.17) is 4.98 Å². The number of carbonyl (C=O) groups is 1. The molecule has 0 amide bonds. The molecule has 198 valence electrons. The minimum atomic E-state index is -4.43. The number of hydrogen-bond donors (Lipinski definition) is 2. The minimum absolute atomic E-state index is 0.0461. The SMILES string of the molecule is CCc1cccc(-c2nc3nc(C(=O)O)nc(N[C@H](C)C4CCC4)c3n2Cc2ccc(C(F)(F)F)cc2)c1. The highest BCUT2D eigenvalue weighted by molar-refractivity contribution is 5.92. The predicted octanol–water partition coefficient (Wildman–Crippen LogP) is 6.42. The molecular weight excluding hydrogens is 495 g/mol. The van der Waals surface area contributed by atoms with E-state index in [9.17, 15) is 23.1 Å². The van der Waals surface area contributed by atoms with Gasteiger partial charge in [-0.3, -0.25) is 0 Å². The number of fused-ring (bicyclic) bond motifs is 1. The van der Waals surface area contributed by atoms with Crippen molar-refractivity contribution < 1.29 is 23.1 Å². The first kappa shape index (κ1) is 25.7. The number of halogens is 3. The van der Waals surface area contributed by atoms with Crippen molar-refractivity contribution in [3.63, 3.8) is 0 Å². The lowest BCUT2D eigenvalue weighted by Crippen LogP contribution is -2.31. The molecular formula is C28H28F3N5O2. The quantitative estimate of drug-likeness (QED) is 0.277. The smallest absolute Gasteiger partial charge is 0.416 e. The summed E-state index contributed by atoms with van der Waals surface area (Å²) in [6, 6.07) is 12.9. The van der Waals surface area contributed by atoms with Crippen LogP contribution in [0, 0.1) is 5.92 Å². The molecule has 0 unspecified atom stereocenters. The van der Waals surface area contributed by atoms with Gasteiger partial charge in [-0.05, 0) is 61.4 Å². The van der Waals surface area contributed by atoms with E-state index in [-0.39, 0.29) is 24.1 Å². The van der Waals surface area contributed by atoms with Crippen molar-refractivity contribution in [2.24, 2.45) is 5.92 Å². The number of benzene rings is 2. The van der Waals surface area contributed by atoms with Crippen molar-refractivity contribution in [3.05, 3.63) is 71.0 Å². The van der Waals surface area contributed by atoms with E-state index < -0.39 is 17.7 Å². The molecule has 1 atom stereocenters. The number of hydrogen-bond acceptors (Lipinski definition) is 5. The molecule has 0 aliphatic heterocycles. The van der Waals surface area contributed by atoms with Crippen molar-refractivity contribution in [2.75, 3.05) is 5.32 Å². The van der Waals surface area contributed by atoms with Gasteiger partial charge in [0.1, 0.15) is 11.3 Å². The topological polar surface area (TPSA) is 92.9 Å². The van der Waals surface area contributed by atoms with Crippen molar-refractivity contribution in [1.82, 2.24) is 19.5 Å². The summed E-state index contributed by atoms with van der Waals surface area (Å²) < 4.78 is 41.3. The monoisotopic (exact) mass is 523 g/mol. The fourth-order valence-electron chi connectivity index (χ4n) is 4.79. The molecule has 2 heterocycles. The van der Waals surface area contributed by atoms with Crippen molar-refractivity contribution in [2.45, 2.75) is 58.3 Å². The Hall–Kier alpha value is -3.95. The van der Waals surface area contributed by atoms with Gasteiger partial charge in [-0.15, -0.1) is 0 Å². The fraction of sp³-hybridized carbons (Fsp3) is 0.357. The summed E-state index contributed by atoms with van der Waals surface area (Å²) in [5.74, 6) is -0.303. The zero-order chi connectivity index (χ0) is 27.0. The van der Waals surface area contributed by atoms with E-state index in [0.717, 1.165) is 48.9 Å². The third-order valence-corrected chi connectivity index (χ3v) is 7.23. The fourth-order valence-corrected chi connectivity index (χ4v) is 4.79. The van der Waals surface area contributed by atoms with Gasteiger partial charge in [0.25, 0.3) is 0 Å². The van der Waals surface area contributed by atoms with Gasteiger partial charge in [-0.1, -0.05) is 43.7 Å². The van der Waals surface area contributed by atoms with Crippen LogP contribution in [0.5, 0.6) is 0 Å². The molecule has 1 aliphatic rings. The highest BCUT2D eigenvalue weighted by Gasteiger charge is 2.30. The van der Waals surface area contributed by atoms with Crippen LogP contribution in [-0.2, 0) is 19.1 Å². The van der Waals surface area contributed by atoms with Crippen LogP contribution in [0.3, 0.4) is 0 Å². The van der Waals surface area contributed by atoms with Gasteiger partial charge >= 0.3 is 12.1 Å². The Morgan fingerprint density at radius 3 is 2.45 bits per heavy atom. The summed E-state index contributed by atoms with van der Waals surface area (Å²) in [7, 11) is 0. The lowest BCUT2D eigenvalue weighted by Gasteiger charge is -2.32. The lowest BCUT2D eigenvalue weighted by atomic mass is 9.80. The maximum Gasteiger partial charge on any atom is 0.416 e. The summed E-state index contributed by atoms with van der Waals surface area (Å²) in [5.41, 5.74) is 2.51. The molecule has 0 spiro atoms. The van der Waals surface area contributed by atoms with Crippen molar-refractivity contribution in [1.29, 1.82) is 0 Å². The van der Waals surface area contributed by atoms with Gasteiger partial charge in [0.15, 0.2) is 11.5 Å². The molecule has 1 saturated carbocycles. The molecule has 1 fully saturated rings. The lowest BCUT2D eigenvalue weighted by molar-refractivity contribution is -0.137.